The van der Waals surface area contributed by atoms with Gasteiger partial charge in [0.25, 0.3) is 5.91 Å². The second kappa shape index (κ2) is 7.36. The first kappa shape index (κ1) is 17.1. The van der Waals surface area contributed by atoms with Crippen molar-refractivity contribution in [3.63, 3.8) is 0 Å². The summed E-state index contributed by atoms with van der Waals surface area (Å²) < 4.78 is 51.6. The summed E-state index contributed by atoms with van der Waals surface area (Å²) in [4.78, 5) is 13.7. The molecule has 0 saturated heterocycles. The molecule has 5 nitrogen and oxygen atoms in total. The number of furan rings is 2. The number of ether oxygens (including phenoxy) is 1. The third-order valence-electron chi connectivity index (χ3n) is 3.01. The van der Waals surface area contributed by atoms with Gasteiger partial charge in [-0.2, -0.15) is 13.2 Å². The van der Waals surface area contributed by atoms with Crippen LogP contribution in [0.3, 0.4) is 0 Å². The molecule has 0 aliphatic rings. The molecule has 126 valence electrons. The molecule has 23 heavy (non-hydrogen) atoms. The molecule has 0 saturated carbocycles. The van der Waals surface area contributed by atoms with Gasteiger partial charge in [-0.25, -0.2) is 0 Å². The third kappa shape index (κ3) is 5.48. The fraction of sp³-hybridized carbons (Fsp3) is 0.400. The van der Waals surface area contributed by atoms with Gasteiger partial charge in [-0.05, 0) is 31.2 Å². The number of nitrogens with zero attached hydrogens (tertiary/aromatic N) is 1. The molecule has 1 amide bonds. The molecule has 0 spiro atoms. The van der Waals surface area contributed by atoms with Crippen molar-refractivity contribution in [1.82, 2.24) is 4.90 Å². The summed E-state index contributed by atoms with van der Waals surface area (Å²) in [7, 11) is 0. The Morgan fingerprint density at radius 2 is 1.70 bits per heavy atom. The number of amides is 1. The number of carbonyl (C=O) groups is 1. The number of hydrogen-bond donors (Lipinski definition) is 0. The average molecular weight is 331 g/mol. The fourth-order valence-electron chi connectivity index (χ4n) is 1.94. The minimum Gasteiger partial charge on any atom is -0.467 e. The molecule has 1 atom stereocenters. The maximum absolute atomic E-state index is 12.4. The van der Waals surface area contributed by atoms with Crippen molar-refractivity contribution in [3.05, 3.63) is 48.3 Å². The van der Waals surface area contributed by atoms with Crippen LogP contribution in [-0.4, -0.2) is 29.7 Å². The van der Waals surface area contributed by atoms with Crippen LogP contribution in [0.5, 0.6) is 0 Å². The van der Waals surface area contributed by atoms with E-state index in [-0.39, 0.29) is 13.1 Å². The van der Waals surface area contributed by atoms with Crippen LogP contribution in [0, 0.1) is 0 Å². The van der Waals surface area contributed by atoms with Crippen LogP contribution in [-0.2, 0) is 22.6 Å². The third-order valence-corrected chi connectivity index (χ3v) is 3.01. The second-order valence-corrected chi connectivity index (χ2v) is 4.92. The van der Waals surface area contributed by atoms with Crippen molar-refractivity contribution in [2.45, 2.75) is 32.3 Å². The molecule has 0 aromatic carbocycles. The number of alkyl halides is 3. The molecule has 0 bridgehead atoms. The van der Waals surface area contributed by atoms with E-state index in [0.29, 0.717) is 11.5 Å². The zero-order valence-corrected chi connectivity index (χ0v) is 12.4. The lowest BCUT2D eigenvalue weighted by Gasteiger charge is -2.24. The van der Waals surface area contributed by atoms with Crippen molar-refractivity contribution < 1.29 is 31.5 Å². The van der Waals surface area contributed by atoms with Gasteiger partial charge in [0.15, 0.2) is 0 Å². The highest BCUT2D eigenvalue weighted by atomic mass is 19.4. The Morgan fingerprint density at radius 3 is 2.09 bits per heavy atom. The topological polar surface area (TPSA) is 55.8 Å². The van der Waals surface area contributed by atoms with Gasteiger partial charge >= 0.3 is 6.18 Å². The van der Waals surface area contributed by atoms with Gasteiger partial charge < -0.3 is 18.5 Å². The van der Waals surface area contributed by atoms with Crippen molar-refractivity contribution in [2.75, 3.05) is 6.61 Å². The van der Waals surface area contributed by atoms with Gasteiger partial charge in [0.2, 0.25) is 0 Å². The number of carbonyl (C=O) groups excluding carboxylic acids is 1. The summed E-state index contributed by atoms with van der Waals surface area (Å²) in [5.41, 5.74) is 0. The Labute approximate surface area is 130 Å². The predicted molar refractivity (Wildman–Crippen MR) is 73.1 cm³/mol. The van der Waals surface area contributed by atoms with Crippen LogP contribution in [0.4, 0.5) is 13.2 Å². The van der Waals surface area contributed by atoms with Crippen LogP contribution in [0.25, 0.3) is 0 Å². The van der Waals surface area contributed by atoms with Gasteiger partial charge in [0.05, 0.1) is 25.6 Å². The van der Waals surface area contributed by atoms with Crippen LogP contribution in [0.1, 0.15) is 18.4 Å². The van der Waals surface area contributed by atoms with E-state index in [1.165, 1.54) is 24.3 Å². The highest BCUT2D eigenvalue weighted by Crippen LogP contribution is 2.17. The maximum Gasteiger partial charge on any atom is 0.411 e. The molecule has 0 N–H and O–H groups in total. The molecule has 2 aromatic heterocycles. The van der Waals surface area contributed by atoms with E-state index >= 15 is 0 Å². The quantitative estimate of drug-likeness (QED) is 0.780. The van der Waals surface area contributed by atoms with Crippen LogP contribution < -0.4 is 0 Å². The molecule has 0 fully saturated rings. The summed E-state index contributed by atoms with van der Waals surface area (Å²) in [6.45, 7) is 0.0130. The standard InChI is InChI=1S/C15H16F3NO4/c1-11(23-10-15(16,17)18)14(20)19(8-12-4-2-6-21-12)9-13-5-3-7-22-13/h2-7,11H,8-10H2,1H3/t11-/m0/s1. The largest absolute Gasteiger partial charge is 0.467 e. The Kier molecular flexibility index (Phi) is 5.49. The predicted octanol–water partition coefficient (Wildman–Crippen LogP) is 3.37. The average Bonchev–Trinajstić information content (AvgIpc) is 3.16. The lowest BCUT2D eigenvalue weighted by Crippen LogP contribution is -2.39. The molecule has 0 aliphatic heterocycles. The van der Waals surface area contributed by atoms with E-state index in [9.17, 15) is 18.0 Å². The Hall–Kier alpha value is -2.22. The highest BCUT2D eigenvalue weighted by molar-refractivity contribution is 5.80. The molecular weight excluding hydrogens is 315 g/mol. The van der Waals surface area contributed by atoms with Gasteiger partial charge in [0.1, 0.15) is 24.2 Å². The first-order chi connectivity index (χ1) is 10.8. The normalized spacial score (nSPS) is 13.0. The zero-order chi connectivity index (χ0) is 16.9. The zero-order valence-electron chi connectivity index (χ0n) is 12.4. The molecule has 8 heteroatoms. The van der Waals surface area contributed by atoms with Crippen molar-refractivity contribution in [3.8, 4) is 0 Å². The summed E-state index contributed by atoms with van der Waals surface area (Å²) in [6.07, 6.45) is -2.81. The van der Waals surface area contributed by atoms with Crippen molar-refractivity contribution in [1.29, 1.82) is 0 Å². The molecule has 2 aromatic rings. The monoisotopic (exact) mass is 331 g/mol. The number of rotatable bonds is 7. The second-order valence-electron chi connectivity index (χ2n) is 4.92. The maximum atomic E-state index is 12.4. The van der Waals surface area contributed by atoms with Crippen molar-refractivity contribution in [2.24, 2.45) is 0 Å². The minimum absolute atomic E-state index is 0.103. The molecule has 2 rings (SSSR count). The van der Waals surface area contributed by atoms with Crippen LogP contribution in [0.15, 0.2) is 45.6 Å². The summed E-state index contributed by atoms with van der Waals surface area (Å²) in [6, 6.07) is 6.66. The van der Waals surface area contributed by atoms with E-state index in [1.54, 1.807) is 24.3 Å². The van der Waals surface area contributed by atoms with Crippen LogP contribution in [0.2, 0.25) is 0 Å². The Morgan fingerprint density at radius 1 is 1.17 bits per heavy atom. The van der Waals surface area contributed by atoms with Gasteiger partial charge in [0, 0.05) is 0 Å². The van der Waals surface area contributed by atoms with Gasteiger partial charge in [-0.3, -0.25) is 4.79 Å². The smallest absolute Gasteiger partial charge is 0.411 e. The molecule has 0 aliphatic carbocycles. The van der Waals surface area contributed by atoms with Gasteiger partial charge in [-0.15, -0.1) is 0 Å². The Balaban J connectivity index is 2.03. The summed E-state index contributed by atoms with van der Waals surface area (Å²) >= 11 is 0. The molecule has 0 radical (unpaired) electrons. The van der Waals surface area contributed by atoms with E-state index in [0.717, 1.165) is 0 Å². The highest BCUT2D eigenvalue weighted by Gasteiger charge is 2.31. The molecular formula is C15H16F3NO4. The molecule has 0 unspecified atom stereocenters. The minimum atomic E-state index is -4.48. The summed E-state index contributed by atoms with van der Waals surface area (Å²) in [5.74, 6) is 0.433. The lowest BCUT2D eigenvalue weighted by atomic mass is 10.3. The van der Waals surface area contributed by atoms with E-state index in [1.807, 2.05) is 0 Å². The Bertz CT molecular complexity index is 557. The lowest BCUT2D eigenvalue weighted by molar-refractivity contribution is -0.189. The fourth-order valence-corrected chi connectivity index (χ4v) is 1.94. The first-order valence-corrected chi connectivity index (χ1v) is 6.87. The van der Waals surface area contributed by atoms with Crippen molar-refractivity contribution >= 4 is 5.91 Å². The summed E-state index contributed by atoms with van der Waals surface area (Å²) in [5, 5.41) is 0. The first-order valence-electron chi connectivity index (χ1n) is 6.87. The van der Waals surface area contributed by atoms with E-state index in [2.05, 4.69) is 4.74 Å². The van der Waals surface area contributed by atoms with E-state index < -0.39 is 24.8 Å². The molecule has 2 heterocycles. The van der Waals surface area contributed by atoms with E-state index in [4.69, 9.17) is 8.83 Å². The number of halogens is 3. The van der Waals surface area contributed by atoms with Crippen LogP contribution >= 0.6 is 0 Å². The number of hydrogen-bond acceptors (Lipinski definition) is 4. The van der Waals surface area contributed by atoms with Gasteiger partial charge in [-0.1, -0.05) is 0 Å². The SMILES string of the molecule is C[C@H](OCC(F)(F)F)C(=O)N(Cc1ccco1)Cc1ccco1.